The Hall–Kier alpha value is -1.59. The number of nitrogens with two attached hydrogens (primary N) is 1. The molecule has 3 heterocycles. The van der Waals surface area contributed by atoms with Crippen molar-refractivity contribution in [1.29, 1.82) is 0 Å². The smallest absolute Gasteiger partial charge is 0.312 e. The Labute approximate surface area is 121 Å². The summed E-state index contributed by atoms with van der Waals surface area (Å²) in [7, 11) is 0. The van der Waals surface area contributed by atoms with E-state index in [2.05, 4.69) is 15.0 Å². The number of aromatic nitrogens is 4. The maximum absolute atomic E-state index is 13.3. The zero-order valence-corrected chi connectivity index (χ0v) is 11.1. The number of imidazole rings is 1. The monoisotopic (exact) mass is 319 g/mol. The van der Waals surface area contributed by atoms with Crippen LogP contribution in [0.15, 0.2) is 0 Å². The molecule has 1 fully saturated rings. The molecular weight excluding hydrogens is 309 g/mol. The molecule has 4 atom stereocenters. The minimum Gasteiger partial charge on any atom is -0.394 e. The first-order chi connectivity index (χ1) is 9.93. The van der Waals surface area contributed by atoms with Gasteiger partial charge in [0.15, 0.2) is 23.2 Å². The quantitative estimate of drug-likeness (QED) is 0.400. The molecule has 0 aromatic carbocycles. The van der Waals surface area contributed by atoms with E-state index in [1.807, 2.05) is 0 Å². The Bertz CT molecular complexity index is 698. The second-order valence-electron chi connectivity index (χ2n) is 4.53. The topological polar surface area (TPSA) is 140 Å². The summed E-state index contributed by atoms with van der Waals surface area (Å²) in [6.07, 6.45) is -6.04. The van der Waals surface area contributed by atoms with Gasteiger partial charge in [-0.1, -0.05) is 0 Å². The van der Waals surface area contributed by atoms with E-state index in [9.17, 15) is 14.6 Å². The fraction of sp³-hybridized carbons (Fsp3) is 0.500. The summed E-state index contributed by atoms with van der Waals surface area (Å²) in [5.41, 5.74) is 5.49. The average molecular weight is 320 g/mol. The molecule has 0 bridgehead atoms. The maximum Gasteiger partial charge on any atom is 0.312 e. The molecule has 0 radical (unpaired) electrons. The summed E-state index contributed by atoms with van der Waals surface area (Å²) in [6.45, 7) is -0.509. The number of aliphatic hydroxyl groups is 3. The first kappa shape index (κ1) is 14.4. The van der Waals surface area contributed by atoms with E-state index >= 15 is 0 Å². The van der Waals surface area contributed by atoms with Gasteiger partial charge in [0, 0.05) is 0 Å². The summed E-state index contributed by atoms with van der Waals surface area (Å²) in [5, 5.41) is 28.7. The second-order valence-corrected chi connectivity index (χ2v) is 4.87. The lowest BCUT2D eigenvalue weighted by molar-refractivity contribution is -0.0510. The Kier molecular flexibility index (Phi) is 3.42. The van der Waals surface area contributed by atoms with E-state index in [4.69, 9.17) is 27.2 Å². The molecular formula is C10H11ClFN5O4. The first-order valence-electron chi connectivity index (χ1n) is 5.93. The van der Waals surface area contributed by atoms with E-state index in [0.29, 0.717) is 0 Å². The van der Waals surface area contributed by atoms with Gasteiger partial charge < -0.3 is 25.8 Å². The lowest BCUT2D eigenvalue weighted by atomic mass is 10.1. The van der Waals surface area contributed by atoms with Crippen LogP contribution in [0.1, 0.15) is 6.23 Å². The summed E-state index contributed by atoms with van der Waals surface area (Å²) < 4.78 is 19.7. The highest BCUT2D eigenvalue weighted by atomic mass is 35.5. The fourth-order valence-corrected chi connectivity index (χ4v) is 2.52. The Morgan fingerprint density at radius 1 is 1.29 bits per heavy atom. The Morgan fingerprint density at radius 3 is 2.62 bits per heavy atom. The van der Waals surface area contributed by atoms with Gasteiger partial charge in [-0.2, -0.15) is 14.4 Å². The number of rotatable bonds is 2. The van der Waals surface area contributed by atoms with Gasteiger partial charge in [0.2, 0.25) is 5.28 Å². The summed E-state index contributed by atoms with van der Waals surface area (Å²) in [4.78, 5) is 10.7. The molecule has 1 aliphatic rings. The summed E-state index contributed by atoms with van der Waals surface area (Å²) in [6, 6.07) is 0. The first-order valence-corrected chi connectivity index (χ1v) is 6.30. The molecule has 0 amide bonds. The van der Waals surface area contributed by atoms with Crippen molar-refractivity contribution >= 4 is 28.6 Å². The van der Waals surface area contributed by atoms with Gasteiger partial charge in [-0.25, -0.2) is 4.98 Å². The highest BCUT2D eigenvalue weighted by Crippen LogP contribution is 2.34. The third-order valence-corrected chi connectivity index (χ3v) is 3.53. The fourth-order valence-electron chi connectivity index (χ4n) is 2.26. The standard InChI is InChI=1S/C10H11ClFN5O4/c11-9-14-3-6(13)15-10(12)16-7(3)17(9)8-5(20)4(19)2(1-18)21-8/h2,4-5,8,18-20H,1H2,(H2,13,15,16)/t2-,4-,5-,8-/m1/s1. The molecule has 2 aromatic rings. The number of nitrogen functional groups attached to an aromatic ring is 1. The van der Waals surface area contributed by atoms with Crippen LogP contribution in [0.4, 0.5) is 10.2 Å². The minimum absolute atomic E-state index is 0.0409. The van der Waals surface area contributed by atoms with E-state index < -0.39 is 37.2 Å². The highest BCUT2D eigenvalue weighted by Gasteiger charge is 2.44. The van der Waals surface area contributed by atoms with Crippen molar-refractivity contribution < 1.29 is 24.4 Å². The molecule has 0 spiro atoms. The van der Waals surface area contributed by atoms with Crippen LogP contribution in [-0.4, -0.2) is 59.8 Å². The van der Waals surface area contributed by atoms with E-state index in [1.165, 1.54) is 0 Å². The average Bonchev–Trinajstić information content (AvgIpc) is 2.89. The van der Waals surface area contributed by atoms with Crippen LogP contribution in [0.25, 0.3) is 11.2 Å². The van der Waals surface area contributed by atoms with Gasteiger partial charge in [0.1, 0.15) is 18.3 Å². The number of ether oxygens (including phenoxy) is 1. The SMILES string of the molecule is Nc1nc(F)nc2c1nc(Cl)n2[C@@H]1O[C@H](CO)[C@@H](O)[C@H]1O. The molecule has 0 saturated carbocycles. The minimum atomic E-state index is -1.41. The number of nitrogens with zero attached hydrogens (tertiary/aromatic N) is 4. The lowest BCUT2D eigenvalue weighted by Gasteiger charge is -2.17. The predicted octanol–water partition coefficient (Wildman–Crippen LogP) is -1.19. The van der Waals surface area contributed by atoms with Crippen LogP contribution in [-0.2, 0) is 4.74 Å². The normalized spacial score (nSPS) is 29.4. The Morgan fingerprint density at radius 2 is 2.00 bits per heavy atom. The van der Waals surface area contributed by atoms with E-state index in [-0.39, 0.29) is 22.3 Å². The van der Waals surface area contributed by atoms with Crippen molar-refractivity contribution in [3.8, 4) is 0 Å². The van der Waals surface area contributed by atoms with Crippen molar-refractivity contribution in [3.63, 3.8) is 0 Å². The maximum atomic E-state index is 13.3. The van der Waals surface area contributed by atoms with Crippen LogP contribution < -0.4 is 5.73 Å². The molecule has 11 heteroatoms. The zero-order valence-electron chi connectivity index (χ0n) is 10.4. The number of aliphatic hydroxyl groups excluding tert-OH is 3. The second kappa shape index (κ2) is 5.00. The number of hydrogen-bond acceptors (Lipinski definition) is 8. The van der Waals surface area contributed by atoms with Gasteiger partial charge in [-0.15, -0.1) is 0 Å². The van der Waals surface area contributed by atoms with Gasteiger partial charge in [-0.3, -0.25) is 4.57 Å². The van der Waals surface area contributed by atoms with E-state index in [0.717, 1.165) is 4.57 Å². The molecule has 5 N–H and O–H groups in total. The van der Waals surface area contributed by atoms with Crippen LogP contribution in [0, 0.1) is 6.08 Å². The van der Waals surface area contributed by atoms with Crippen LogP contribution in [0.3, 0.4) is 0 Å². The van der Waals surface area contributed by atoms with Crippen molar-refractivity contribution in [2.75, 3.05) is 12.3 Å². The molecule has 0 aliphatic carbocycles. The summed E-state index contributed by atoms with van der Waals surface area (Å²) >= 11 is 5.95. The summed E-state index contributed by atoms with van der Waals surface area (Å²) in [5.74, 6) is -0.218. The number of anilines is 1. The third kappa shape index (κ3) is 2.12. The molecule has 2 aromatic heterocycles. The Balaban J connectivity index is 2.15. The molecule has 21 heavy (non-hydrogen) atoms. The highest BCUT2D eigenvalue weighted by molar-refractivity contribution is 6.29. The lowest BCUT2D eigenvalue weighted by Crippen LogP contribution is -2.33. The van der Waals surface area contributed by atoms with Crippen molar-refractivity contribution in [2.24, 2.45) is 0 Å². The van der Waals surface area contributed by atoms with Crippen molar-refractivity contribution in [1.82, 2.24) is 19.5 Å². The van der Waals surface area contributed by atoms with Gasteiger partial charge >= 0.3 is 6.08 Å². The zero-order chi connectivity index (χ0) is 15.3. The van der Waals surface area contributed by atoms with Crippen molar-refractivity contribution in [3.05, 3.63) is 11.4 Å². The molecule has 9 nitrogen and oxygen atoms in total. The molecule has 114 valence electrons. The number of fused-ring (bicyclic) bond motifs is 1. The largest absolute Gasteiger partial charge is 0.394 e. The molecule has 3 rings (SSSR count). The van der Waals surface area contributed by atoms with Gasteiger partial charge in [0.05, 0.1) is 6.61 Å². The molecule has 1 saturated heterocycles. The van der Waals surface area contributed by atoms with Crippen LogP contribution in [0.5, 0.6) is 0 Å². The van der Waals surface area contributed by atoms with E-state index in [1.54, 1.807) is 0 Å². The number of hydrogen-bond donors (Lipinski definition) is 4. The van der Waals surface area contributed by atoms with Crippen LogP contribution >= 0.6 is 11.6 Å². The molecule has 0 unspecified atom stereocenters. The molecule has 1 aliphatic heterocycles. The van der Waals surface area contributed by atoms with Crippen LogP contribution in [0.2, 0.25) is 5.28 Å². The van der Waals surface area contributed by atoms with Gasteiger partial charge in [0.25, 0.3) is 0 Å². The number of halogens is 2. The predicted molar refractivity (Wildman–Crippen MR) is 67.7 cm³/mol. The van der Waals surface area contributed by atoms with Gasteiger partial charge in [-0.05, 0) is 11.6 Å². The van der Waals surface area contributed by atoms with Crippen molar-refractivity contribution in [2.45, 2.75) is 24.5 Å². The third-order valence-electron chi connectivity index (χ3n) is 3.27.